The van der Waals surface area contributed by atoms with Gasteiger partial charge >= 0.3 is 6.03 Å². The van der Waals surface area contributed by atoms with Gasteiger partial charge in [0.2, 0.25) is 0 Å². The van der Waals surface area contributed by atoms with Crippen molar-refractivity contribution in [3.05, 3.63) is 24.3 Å². The lowest BCUT2D eigenvalue weighted by Gasteiger charge is -2.37. The molecule has 4 nitrogen and oxygen atoms in total. The molecule has 0 aliphatic carbocycles. The van der Waals surface area contributed by atoms with Crippen molar-refractivity contribution < 1.29 is 4.79 Å². The van der Waals surface area contributed by atoms with E-state index in [0.717, 1.165) is 12.2 Å². The van der Waals surface area contributed by atoms with E-state index in [1.54, 1.807) is 0 Å². The third-order valence-corrected chi connectivity index (χ3v) is 3.97. The Hall–Kier alpha value is -1.71. The van der Waals surface area contributed by atoms with Crippen LogP contribution in [0.25, 0.3) is 0 Å². The molecule has 4 heteroatoms. The molecular formula is C17H27N3O. The summed E-state index contributed by atoms with van der Waals surface area (Å²) in [5, 5.41) is 5.68. The first kappa shape index (κ1) is 15.7. The molecule has 1 atom stereocenters. The molecule has 2 amide bonds. The second-order valence-corrected chi connectivity index (χ2v) is 6.05. The van der Waals surface area contributed by atoms with Crippen LogP contribution in [0, 0.1) is 0 Å². The number of piperidine rings is 1. The van der Waals surface area contributed by atoms with Crippen molar-refractivity contribution in [1.29, 1.82) is 0 Å². The molecule has 1 fully saturated rings. The number of urea groups is 1. The lowest BCUT2D eigenvalue weighted by Crippen LogP contribution is -2.39. The number of amides is 2. The molecule has 0 spiro atoms. The number of nitrogens with one attached hydrogen (secondary N) is 2. The van der Waals surface area contributed by atoms with Crippen LogP contribution in [0.4, 0.5) is 16.2 Å². The molecular weight excluding hydrogens is 262 g/mol. The molecule has 1 aromatic carbocycles. The van der Waals surface area contributed by atoms with Crippen molar-refractivity contribution in [1.82, 2.24) is 5.32 Å². The first-order chi connectivity index (χ1) is 10.1. The van der Waals surface area contributed by atoms with Crippen molar-refractivity contribution in [3.8, 4) is 0 Å². The van der Waals surface area contributed by atoms with E-state index < -0.39 is 0 Å². The van der Waals surface area contributed by atoms with Gasteiger partial charge in [-0.2, -0.15) is 0 Å². The Morgan fingerprint density at radius 2 is 2.00 bits per heavy atom. The fourth-order valence-electron chi connectivity index (χ4n) is 2.93. The highest BCUT2D eigenvalue weighted by atomic mass is 16.2. The van der Waals surface area contributed by atoms with Gasteiger partial charge in [0.1, 0.15) is 0 Å². The zero-order chi connectivity index (χ0) is 15.2. The summed E-state index contributed by atoms with van der Waals surface area (Å²) in [5.74, 6) is 0. The predicted octanol–water partition coefficient (Wildman–Crippen LogP) is 3.99. The molecule has 1 aliphatic heterocycles. The molecule has 0 bridgehead atoms. The molecule has 0 radical (unpaired) electrons. The number of anilines is 2. The van der Waals surface area contributed by atoms with Gasteiger partial charge in [-0.3, -0.25) is 0 Å². The van der Waals surface area contributed by atoms with Crippen molar-refractivity contribution in [2.24, 2.45) is 0 Å². The van der Waals surface area contributed by atoms with Crippen LogP contribution in [0.5, 0.6) is 0 Å². The number of hydrogen-bond donors (Lipinski definition) is 2. The van der Waals surface area contributed by atoms with Gasteiger partial charge in [0.15, 0.2) is 0 Å². The van der Waals surface area contributed by atoms with Crippen LogP contribution >= 0.6 is 0 Å². The molecule has 1 heterocycles. The molecule has 116 valence electrons. The van der Waals surface area contributed by atoms with Gasteiger partial charge in [-0.05, 0) is 63.8 Å². The topological polar surface area (TPSA) is 44.4 Å². The number of rotatable bonds is 4. The van der Waals surface area contributed by atoms with Gasteiger partial charge in [-0.25, -0.2) is 4.79 Å². The maximum atomic E-state index is 11.7. The fraction of sp³-hybridized carbons (Fsp3) is 0.588. The summed E-state index contributed by atoms with van der Waals surface area (Å²) in [4.78, 5) is 14.2. The molecule has 21 heavy (non-hydrogen) atoms. The quantitative estimate of drug-likeness (QED) is 0.880. The van der Waals surface area contributed by atoms with E-state index in [2.05, 4.69) is 34.6 Å². The minimum Gasteiger partial charge on any atom is -0.369 e. The highest BCUT2D eigenvalue weighted by Crippen LogP contribution is 2.27. The Morgan fingerprint density at radius 1 is 1.29 bits per heavy atom. The first-order valence-electron chi connectivity index (χ1n) is 8.04. The third kappa shape index (κ3) is 4.38. The number of carbonyl (C=O) groups excluding carboxylic acids is 1. The molecule has 2 N–H and O–H groups in total. The lowest BCUT2D eigenvalue weighted by molar-refractivity contribution is 0.250. The Labute approximate surface area is 127 Å². The van der Waals surface area contributed by atoms with E-state index in [1.165, 1.54) is 31.4 Å². The summed E-state index contributed by atoms with van der Waals surface area (Å²) in [6.45, 7) is 7.29. The average molecular weight is 289 g/mol. The van der Waals surface area contributed by atoms with Gasteiger partial charge in [0.25, 0.3) is 0 Å². The second kappa shape index (κ2) is 7.34. The molecule has 1 unspecified atom stereocenters. The van der Waals surface area contributed by atoms with Crippen molar-refractivity contribution in [2.45, 2.75) is 58.5 Å². The molecule has 0 aromatic heterocycles. The Kier molecular flexibility index (Phi) is 5.48. The zero-order valence-corrected chi connectivity index (χ0v) is 13.4. The highest BCUT2D eigenvalue weighted by molar-refractivity contribution is 5.89. The van der Waals surface area contributed by atoms with Gasteiger partial charge in [-0.15, -0.1) is 0 Å². The number of hydrogen-bond acceptors (Lipinski definition) is 2. The van der Waals surface area contributed by atoms with Crippen LogP contribution in [0.3, 0.4) is 0 Å². The van der Waals surface area contributed by atoms with Gasteiger partial charge < -0.3 is 15.5 Å². The number of benzene rings is 1. The molecule has 1 aromatic rings. The molecule has 0 saturated carbocycles. The van der Waals surface area contributed by atoms with Crippen LogP contribution < -0.4 is 15.5 Å². The summed E-state index contributed by atoms with van der Waals surface area (Å²) in [7, 11) is 0. The van der Waals surface area contributed by atoms with Crippen LogP contribution in [0.15, 0.2) is 24.3 Å². The summed E-state index contributed by atoms with van der Waals surface area (Å²) in [5.41, 5.74) is 2.10. The third-order valence-electron chi connectivity index (χ3n) is 3.97. The monoisotopic (exact) mass is 289 g/mol. The lowest BCUT2D eigenvalue weighted by atomic mass is 9.99. The summed E-state index contributed by atoms with van der Waals surface area (Å²) in [6.07, 6.45) is 5.08. The molecule has 1 saturated heterocycles. The maximum Gasteiger partial charge on any atom is 0.319 e. The maximum absolute atomic E-state index is 11.7. The minimum absolute atomic E-state index is 0.142. The molecule has 1 aliphatic rings. The van der Waals surface area contributed by atoms with E-state index >= 15 is 0 Å². The predicted molar refractivity (Wildman–Crippen MR) is 89.0 cm³/mol. The highest BCUT2D eigenvalue weighted by Gasteiger charge is 2.20. The van der Waals surface area contributed by atoms with Crippen LogP contribution in [-0.2, 0) is 0 Å². The van der Waals surface area contributed by atoms with E-state index in [-0.39, 0.29) is 12.1 Å². The van der Waals surface area contributed by atoms with Crippen LogP contribution in [0.2, 0.25) is 0 Å². The summed E-state index contributed by atoms with van der Waals surface area (Å²) >= 11 is 0. The largest absolute Gasteiger partial charge is 0.369 e. The Bertz CT molecular complexity index is 456. The van der Waals surface area contributed by atoms with E-state index in [0.29, 0.717) is 6.04 Å². The van der Waals surface area contributed by atoms with Gasteiger partial charge in [0, 0.05) is 30.0 Å². The van der Waals surface area contributed by atoms with Crippen molar-refractivity contribution >= 4 is 17.4 Å². The summed E-state index contributed by atoms with van der Waals surface area (Å²) < 4.78 is 0. The number of nitrogens with zero attached hydrogens (tertiary/aromatic N) is 1. The first-order valence-corrected chi connectivity index (χ1v) is 8.04. The summed E-state index contributed by atoms with van der Waals surface area (Å²) in [6, 6.07) is 8.83. The van der Waals surface area contributed by atoms with E-state index in [4.69, 9.17) is 0 Å². The van der Waals surface area contributed by atoms with Crippen molar-refractivity contribution in [2.75, 3.05) is 16.8 Å². The van der Waals surface area contributed by atoms with E-state index in [9.17, 15) is 4.79 Å². The minimum atomic E-state index is -0.151. The standard InChI is InChI=1S/C17H27N3O/c1-4-15-7-5-6-12-20(15)16-10-8-14(9-11-16)19-17(21)18-13(2)3/h8-11,13,15H,4-7,12H2,1-3H3,(H2,18,19,21). The Balaban J connectivity index is 1.99. The SMILES string of the molecule is CCC1CCCCN1c1ccc(NC(=O)NC(C)C)cc1. The van der Waals surface area contributed by atoms with Crippen LogP contribution in [-0.4, -0.2) is 24.7 Å². The Morgan fingerprint density at radius 3 is 2.62 bits per heavy atom. The van der Waals surface area contributed by atoms with Crippen LogP contribution in [0.1, 0.15) is 46.5 Å². The number of carbonyl (C=O) groups is 1. The van der Waals surface area contributed by atoms with E-state index in [1.807, 2.05) is 26.0 Å². The smallest absolute Gasteiger partial charge is 0.319 e. The van der Waals surface area contributed by atoms with Crippen molar-refractivity contribution in [3.63, 3.8) is 0 Å². The zero-order valence-electron chi connectivity index (χ0n) is 13.4. The van der Waals surface area contributed by atoms with Gasteiger partial charge in [-0.1, -0.05) is 6.92 Å². The fourth-order valence-corrected chi connectivity index (χ4v) is 2.93. The molecule has 2 rings (SSSR count). The second-order valence-electron chi connectivity index (χ2n) is 6.05. The van der Waals surface area contributed by atoms with Gasteiger partial charge in [0.05, 0.1) is 0 Å². The average Bonchev–Trinajstić information content (AvgIpc) is 2.47. The normalized spacial score (nSPS) is 18.7.